The minimum Gasteiger partial charge on any atom is -0.460 e. The molecule has 1 saturated heterocycles. The smallest absolute Gasteiger partial charge is 0.314 e. The van der Waals surface area contributed by atoms with E-state index in [9.17, 15) is 13.2 Å². The highest BCUT2D eigenvalue weighted by atomic mass is 32.2. The van der Waals surface area contributed by atoms with Crippen LogP contribution in [0.1, 0.15) is 37.3 Å². The molecule has 0 radical (unpaired) electrons. The predicted molar refractivity (Wildman–Crippen MR) is 114 cm³/mol. The van der Waals surface area contributed by atoms with Gasteiger partial charge in [0.15, 0.2) is 0 Å². The van der Waals surface area contributed by atoms with Crippen LogP contribution in [-0.4, -0.2) is 45.0 Å². The molecule has 7 heteroatoms. The number of ether oxygens (including phenoxy) is 2. The molecular weight excluding hydrogens is 402 g/mol. The van der Waals surface area contributed by atoms with Crippen molar-refractivity contribution in [2.75, 3.05) is 26.3 Å². The van der Waals surface area contributed by atoms with Crippen molar-refractivity contribution in [3.05, 3.63) is 65.7 Å². The Kier molecular flexibility index (Phi) is 7.64. The number of carbonyl (C=O) groups is 1. The third-order valence-corrected chi connectivity index (χ3v) is 7.41. The molecule has 0 amide bonds. The van der Waals surface area contributed by atoms with E-state index in [-0.39, 0.29) is 29.3 Å². The second-order valence-electron chi connectivity index (χ2n) is 7.55. The second kappa shape index (κ2) is 10.2. The largest absolute Gasteiger partial charge is 0.460 e. The van der Waals surface area contributed by atoms with Crippen molar-refractivity contribution in [1.82, 2.24) is 4.31 Å². The minimum absolute atomic E-state index is 0.0328. The standard InChI is InChI=1S/C23H29NO5S/c1-3-18(2)22(20-9-5-4-6-10-20)23(25)29-17-19-8-7-11-21(16-19)30(26,27)24-12-14-28-15-13-24/h4-11,16,18,22H,3,12-15,17H2,1-2H3/t18-,22-/m0/s1. The molecule has 30 heavy (non-hydrogen) atoms. The van der Waals surface area contributed by atoms with Gasteiger partial charge in [0.25, 0.3) is 0 Å². The summed E-state index contributed by atoms with van der Waals surface area (Å²) in [5.74, 6) is -0.513. The fraction of sp³-hybridized carbons (Fsp3) is 0.435. The number of benzene rings is 2. The third-order valence-electron chi connectivity index (χ3n) is 5.51. The van der Waals surface area contributed by atoms with Crippen LogP contribution in [0.2, 0.25) is 0 Å². The van der Waals surface area contributed by atoms with Crippen molar-refractivity contribution in [2.45, 2.75) is 37.7 Å². The number of carbonyl (C=O) groups excluding carboxylic acids is 1. The highest BCUT2D eigenvalue weighted by molar-refractivity contribution is 7.89. The van der Waals surface area contributed by atoms with Gasteiger partial charge in [-0.2, -0.15) is 4.31 Å². The molecule has 2 atom stereocenters. The first kappa shape index (κ1) is 22.5. The first-order valence-electron chi connectivity index (χ1n) is 10.3. The van der Waals surface area contributed by atoms with Gasteiger partial charge in [0.05, 0.1) is 24.0 Å². The fourth-order valence-electron chi connectivity index (χ4n) is 3.57. The van der Waals surface area contributed by atoms with Crippen molar-refractivity contribution in [3.63, 3.8) is 0 Å². The number of sulfonamides is 1. The summed E-state index contributed by atoms with van der Waals surface area (Å²) in [6, 6.07) is 16.2. The van der Waals surface area contributed by atoms with Crippen LogP contribution >= 0.6 is 0 Å². The van der Waals surface area contributed by atoms with Crippen molar-refractivity contribution in [3.8, 4) is 0 Å². The third kappa shape index (κ3) is 5.28. The van der Waals surface area contributed by atoms with Crippen LogP contribution in [0.3, 0.4) is 0 Å². The molecule has 0 aliphatic carbocycles. The van der Waals surface area contributed by atoms with Gasteiger partial charge in [-0.25, -0.2) is 8.42 Å². The summed E-state index contributed by atoms with van der Waals surface area (Å²) in [5.41, 5.74) is 1.58. The van der Waals surface area contributed by atoms with Crippen LogP contribution in [0.25, 0.3) is 0 Å². The van der Waals surface area contributed by atoms with Gasteiger partial charge in [0, 0.05) is 13.1 Å². The Morgan fingerprint density at radius 3 is 2.47 bits per heavy atom. The van der Waals surface area contributed by atoms with E-state index >= 15 is 0 Å². The Morgan fingerprint density at radius 1 is 1.10 bits per heavy atom. The quantitative estimate of drug-likeness (QED) is 0.598. The van der Waals surface area contributed by atoms with Crippen molar-refractivity contribution in [1.29, 1.82) is 0 Å². The molecule has 0 bridgehead atoms. The van der Waals surface area contributed by atoms with Gasteiger partial charge < -0.3 is 9.47 Å². The normalized spacial score (nSPS) is 17.3. The molecule has 3 rings (SSSR count). The van der Waals surface area contributed by atoms with Gasteiger partial charge in [-0.3, -0.25) is 4.79 Å². The number of nitrogens with zero attached hydrogens (tertiary/aromatic N) is 1. The van der Waals surface area contributed by atoms with Crippen LogP contribution in [0.5, 0.6) is 0 Å². The molecule has 0 N–H and O–H groups in total. The highest BCUT2D eigenvalue weighted by Crippen LogP contribution is 2.29. The van der Waals surface area contributed by atoms with E-state index in [4.69, 9.17) is 9.47 Å². The number of rotatable bonds is 8. The fourth-order valence-corrected chi connectivity index (χ4v) is 5.05. The van der Waals surface area contributed by atoms with Crippen LogP contribution in [-0.2, 0) is 30.9 Å². The number of esters is 1. The predicted octanol–water partition coefficient (Wildman–Crippen LogP) is 3.58. The van der Waals surface area contributed by atoms with E-state index in [0.717, 1.165) is 12.0 Å². The van der Waals surface area contributed by atoms with E-state index < -0.39 is 10.0 Å². The summed E-state index contributed by atoms with van der Waals surface area (Å²) in [7, 11) is -3.59. The summed E-state index contributed by atoms with van der Waals surface area (Å²) in [6.07, 6.45) is 0.849. The molecule has 0 saturated carbocycles. The van der Waals surface area contributed by atoms with Crippen LogP contribution in [0, 0.1) is 5.92 Å². The maximum absolute atomic E-state index is 12.9. The SMILES string of the molecule is CC[C@H](C)[C@H](C(=O)OCc1cccc(S(=O)(=O)N2CCOCC2)c1)c1ccccc1. The summed E-state index contributed by atoms with van der Waals surface area (Å²) in [4.78, 5) is 13.1. The molecule has 162 valence electrons. The van der Waals surface area contributed by atoms with Gasteiger partial charge in [-0.1, -0.05) is 62.7 Å². The van der Waals surface area contributed by atoms with Crippen LogP contribution < -0.4 is 0 Å². The topological polar surface area (TPSA) is 72.9 Å². The summed E-state index contributed by atoms with van der Waals surface area (Å²) >= 11 is 0. The summed E-state index contributed by atoms with van der Waals surface area (Å²) in [6.45, 7) is 5.60. The van der Waals surface area contributed by atoms with E-state index in [1.165, 1.54) is 4.31 Å². The monoisotopic (exact) mass is 431 g/mol. The minimum atomic E-state index is -3.59. The van der Waals surface area contributed by atoms with Crippen LogP contribution in [0.15, 0.2) is 59.5 Å². The zero-order valence-corrected chi connectivity index (χ0v) is 18.3. The zero-order valence-electron chi connectivity index (χ0n) is 17.5. The van der Waals surface area contributed by atoms with Crippen molar-refractivity contribution in [2.24, 2.45) is 5.92 Å². The van der Waals surface area contributed by atoms with Gasteiger partial charge >= 0.3 is 5.97 Å². The second-order valence-corrected chi connectivity index (χ2v) is 9.48. The average molecular weight is 432 g/mol. The molecule has 2 aromatic rings. The zero-order chi connectivity index (χ0) is 21.6. The lowest BCUT2D eigenvalue weighted by atomic mass is 9.85. The molecule has 6 nitrogen and oxygen atoms in total. The average Bonchev–Trinajstić information content (AvgIpc) is 2.79. The molecule has 0 unspecified atom stereocenters. The molecule has 0 aromatic heterocycles. The number of hydrogen-bond donors (Lipinski definition) is 0. The lowest BCUT2D eigenvalue weighted by Gasteiger charge is -2.26. The number of hydrogen-bond acceptors (Lipinski definition) is 5. The Hall–Kier alpha value is -2.22. The number of morpholine rings is 1. The van der Waals surface area contributed by atoms with Crippen LogP contribution in [0.4, 0.5) is 0 Å². The van der Waals surface area contributed by atoms with Crippen molar-refractivity contribution < 1.29 is 22.7 Å². The molecule has 2 aromatic carbocycles. The lowest BCUT2D eigenvalue weighted by Crippen LogP contribution is -2.40. The van der Waals surface area contributed by atoms with E-state index in [2.05, 4.69) is 0 Å². The van der Waals surface area contributed by atoms with Crippen molar-refractivity contribution >= 4 is 16.0 Å². The Bertz CT molecular complexity index is 939. The van der Waals surface area contributed by atoms with E-state index in [0.29, 0.717) is 31.9 Å². The molecular formula is C23H29NO5S. The summed E-state index contributed by atoms with van der Waals surface area (Å²) in [5, 5.41) is 0. The molecule has 1 aliphatic heterocycles. The van der Waals surface area contributed by atoms with E-state index in [1.54, 1.807) is 24.3 Å². The maximum Gasteiger partial charge on any atom is 0.314 e. The van der Waals surface area contributed by atoms with Gasteiger partial charge in [0.2, 0.25) is 10.0 Å². The molecule has 1 heterocycles. The first-order chi connectivity index (χ1) is 14.4. The van der Waals surface area contributed by atoms with Gasteiger partial charge in [0.1, 0.15) is 6.61 Å². The van der Waals surface area contributed by atoms with Gasteiger partial charge in [-0.05, 0) is 29.2 Å². The Balaban J connectivity index is 1.72. The van der Waals surface area contributed by atoms with E-state index in [1.807, 2.05) is 44.2 Å². The molecule has 1 fully saturated rings. The Labute approximate surface area is 178 Å². The molecule has 0 spiro atoms. The lowest BCUT2D eigenvalue weighted by molar-refractivity contribution is -0.148. The summed E-state index contributed by atoms with van der Waals surface area (Å²) < 4.78 is 38.0. The highest BCUT2D eigenvalue weighted by Gasteiger charge is 2.28. The molecule has 1 aliphatic rings. The first-order valence-corrected chi connectivity index (χ1v) is 11.8. The Morgan fingerprint density at radius 2 is 1.80 bits per heavy atom. The van der Waals surface area contributed by atoms with Gasteiger partial charge in [-0.15, -0.1) is 0 Å². The maximum atomic E-state index is 12.9.